The number of nitrogens with zero attached hydrogens (tertiary/aromatic N) is 3. The molecule has 0 amide bonds. The highest BCUT2D eigenvalue weighted by Gasteiger charge is 2.12. The van der Waals surface area contributed by atoms with Crippen molar-refractivity contribution in [2.45, 2.75) is 6.92 Å². The van der Waals surface area contributed by atoms with Gasteiger partial charge in [0.1, 0.15) is 11.6 Å². The van der Waals surface area contributed by atoms with Crippen LogP contribution >= 0.6 is 0 Å². The average molecular weight is 265 g/mol. The molecule has 0 aliphatic heterocycles. The maximum Gasteiger partial charge on any atom is 0.168 e. The monoisotopic (exact) mass is 265 g/mol. The Hall–Kier alpha value is -2.62. The third kappa shape index (κ3) is 2.16. The van der Waals surface area contributed by atoms with Crippen LogP contribution in [-0.4, -0.2) is 21.9 Å². The van der Waals surface area contributed by atoms with Crippen molar-refractivity contribution < 1.29 is 4.74 Å². The first-order valence-corrected chi connectivity index (χ1v) is 6.41. The number of aryl methyl sites for hydroxylation is 1. The van der Waals surface area contributed by atoms with Crippen molar-refractivity contribution in [3.8, 4) is 22.8 Å². The maximum absolute atomic E-state index is 5.27. The van der Waals surface area contributed by atoms with E-state index in [9.17, 15) is 0 Å². The van der Waals surface area contributed by atoms with Gasteiger partial charge in [0.2, 0.25) is 0 Å². The first kappa shape index (κ1) is 12.4. The summed E-state index contributed by atoms with van der Waals surface area (Å²) >= 11 is 0. The van der Waals surface area contributed by atoms with Crippen LogP contribution < -0.4 is 4.74 Å². The molecular weight excluding hydrogens is 250 g/mol. The Morgan fingerprint density at radius 2 is 1.75 bits per heavy atom. The van der Waals surface area contributed by atoms with Crippen LogP contribution in [0.5, 0.6) is 5.75 Å². The van der Waals surface area contributed by atoms with E-state index in [2.05, 4.69) is 10.2 Å². The normalized spacial score (nSPS) is 10.5. The fourth-order valence-electron chi connectivity index (χ4n) is 2.20. The Morgan fingerprint density at radius 1 is 0.950 bits per heavy atom. The lowest BCUT2D eigenvalue weighted by Gasteiger charge is -2.09. The quantitative estimate of drug-likeness (QED) is 0.729. The molecule has 0 saturated heterocycles. The summed E-state index contributed by atoms with van der Waals surface area (Å²) in [7, 11) is 1.66. The van der Waals surface area contributed by atoms with E-state index in [0.29, 0.717) is 0 Å². The van der Waals surface area contributed by atoms with Gasteiger partial charge in [-0.3, -0.25) is 4.57 Å². The van der Waals surface area contributed by atoms with Gasteiger partial charge >= 0.3 is 0 Å². The zero-order valence-electron chi connectivity index (χ0n) is 11.4. The Labute approximate surface area is 117 Å². The van der Waals surface area contributed by atoms with E-state index in [1.54, 1.807) is 7.11 Å². The highest BCUT2D eigenvalue weighted by molar-refractivity contribution is 5.60. The zero-order valence-corrected chi connectivity index (χ0v) is 11.4. The summed E-state index contributed by atoms with van der Waals surface area (Å²) in [6.07, 6.45) is 0. The molecule has 0 aliphatic carbocycles. The molecule has 1 aromatic heterocycles. The van der Waals surface area contributed by atoms with Crippen LogP contribution in [0.4, 0.5) is 0 Å². The standard InChI is InChI=1S/C16H15N3O/c1-12-17-18-16(13-7-6-10-15(11-13)20-2)19(12)14-8-4-3-5-9-14/h3-11H,1-2H3. The van der Waals surface area contributed by atoms with Gasteiger partial charge in [-0.2, -0.15) is 0 Å². The first-order valence-electron chi connectivity index (χ1n) is 6.41. The largest absolute Gasteiger partial charge is 0.497 e. The van der Waals surface area contributed by atoms with Crippen LogP contribution in [0, 0.1) is 6.92 Å². The third-order valence-electron chi connectivity index (χ3n) is 3.17. The number of hydrogen-bond acceptors (Lipinski definition) is 3. The van der Waals surface area contributed by atoms with Crippen molar-refractivity contribution in [3.05, 3.63) is 60.4 Å². The molecule has 0 radical (unpaired) electrons. The first-order chi connectivity index (χ1) is 9.79. The number of hydrogen-bond donors (Lipinski definition) is 0. The van der Waals surface area contributed by atoms with Crippen LogP contribution in [0.1, 0.15) is 5.82 Å². The van der Waals surface area contributed by atoms with E-state index in [1.165, 1.54) is 0 Å². The van der Waals surface area contributed by atoms with Crippen molar-refractivity contribution >= 4 is 0 Å². The van der Waals surface area contributed by atoms with Crippen LogP contribution in [0.2, 0.25) is 0 Å². The van der Waals surface area contributed by atoms with Crippen molar-refractivity contribution in [1.82, 2.24) is 14.8 Å². The molecule has 3 aromatic rings. The summed E-state index contributed by atoms with van der Waals surface area (Å²) in [4.78, 5) is 0. The molecular formula is C16H15N3O. The van der Waals surface area contributed by atoms with Gasteiger partial charge in [0.05, 0.1) is 7.11 Å². The van der Waals surface area contributed by atoms with Gasteiger partial charge in [0.25, 0.3) is 0 Å². The summed E-state index contributed by atoms with van der Waals surface area (Å²) in [5.41, 5.74) is 2.03. The fraction of sp³-hybridized carbons (Fsp3) is 0.125. The number of methoxy groups -OCH3 is 1. The Balaban J connectivity index is 2.16. The van der Waals surface area contributed by atoms with Crippen LogP contribution in [0.25, 0.3) is 17.1 Å². The van der Waals surface area contributed by atoms with Gasteiger partial charge in [-0.05, 0) is 31.2 Å². The van der Waals surface area contributed by atoms with Crippen LogP contribution in [-0.2, 0) is 0 Å². The summed E-state index contributed by atoms with van der Waals surface area (Å²) in [6.45, 7) is 1.95. The number of rotatable bonds is 3. The minimum Gasteiger partial charge on any atom is -0.497 e. The van der Waals surface area contributed by atoms with Crippen LogP contribution in [0.15, 0.2) is 54.6 Å². The molecule has 0 saturated carbocycles. The second-order valence-corrected chi connectivity index (χ2v) is 4.47. The second kappa shape index (κ2) is 5.17. The molecule has 0 spiro atoms. The highest BCUT2D eigenvalue weighted by atomic mass is 16.5. The molecule has 1 heterocycles. The molecule has 0 bridgehead atoms. The summed E-state index contributed by atoms with van der Waals surface area (Å²) in [6, 6.07) is 17.9. The molecule has 4 heteroatoms. The van der Waals surface area contributed by atoms with Crippen LogP contribution in [0.3, 0.4) is 0 Å². The van der Waals surface area contributed by atoms with Crippen molar-refractivity contribution in [1.29, 1.82) is 0 Å². The van der Waals surface area contributed by atoms with E-state index in [-0.39, 0.29) is 0 Å². The predicted octanol–water partition coefficient (Wildman–Crippen LogP) is 3.25. The molecule has 0 N–H and O–H groups in total. The summed E-state index contributed by atoms with van der Waals surface area (Å²) < 4.78 is 7.31. The Bertz CT molecular complexity index is 720. The average Bonchev–Trinajstić information content (AvgIpc) is 2.90. The van der Waals surface area contributed by atoms with Crippen molar-refractivity contribution in [2.24, 2.45) is 0 Å². The zero-order chi connectivity index (χ0) is 13.9. The molecule has 0 unspecified atom stereocenters. The van der Waals surface area contributed by atoms with E-state index < -0.39 is 0 Å². The molecule has 3 rings (SSSR count). The fourth-order valence-corrected chi connectivity index (χ4v) is 2.20. The molecule has 0 aliphatic rings. The number of benzene rings is 2. The maximum atomic E-state index is 5.27. The van der Waals surface area contributed by atoms with Gasteiger partial charge < -0.3 is 4.74 Å². The lowest BCUT2D eigenvalue weighted by molar-refractivity contribution is 0.415. The smallest absolute Gasteiger partial charge is 0.168 e. The molecule has 0 fully saturated rings. The SMILES string of the molecule is COc1cccc(-c2nnc(C)n2-c2ccccc2)c1. The number of para-hydroxylation sites is 1. The molecule has 4 nitrogen and oxygen atoms in total. The molecule has 100 valence electrons. The predicted molar refractivity (Wildman–Crippen MR) is 78.1 cm³/mol. The summed E-state index contributed by atoms with van der Waals surface area (Å²) in [5, 5.41) is 8.49. The van der Waals surface area contributed by atoms with Gasteiger partial charge in [0, 0.05) is 11.3 Å². The number of ether oxygens (including phenoxy) is 1. The molecule has 2 aromatic carbocycles. The van der Waals surface area contributed by atoms with Gasteiger partial charge in [-0.15, -0.1) is 10.2 Å². The van der Waals surface area contributed by atoms with E-state index in [0.717, 1.165) is 28.6 Å². The van der Waals surface area contributed by atoms with E-state index >= 15 is 0 Å². The van der Waals surface area contributed by atoms with Crippen molar-refractivity contribution in [3.63, 3.8) is 0 Å². The molecule has 0 atom stereocenters. The van der Waals surface area contributed by atoms with E-state index in [1.807, 2.05) is 66.1 Å². The van der Waals surface area contributed by atoms with Crippen molar-refractivity contribution in [2.75, 3.05) is 7.11 Å². The lowest BCUT2D eigenvalue weighted by atomic mass is 10.2. The lowest BCUT2D eigenvalue weighted by Crippen LogP contribution is -1.99. The Kier molecular flexibility index (Phi) is 3.21. The Morgan fingerprint density at radius 3 is 2.50 bits per heavy atom. The third-order valence-corrected chi connectivity index (χ3v) is 3.17. The van der Waals surface area contributed by atoms with Gasteiger partial charge in [0.15, 0.2) is 5.82 Å². The topological polar surface area (TPSA) is 39.9 Å². The minimum absolute atomic E-state index is 0.808. The second-order valence-electron chi connectivity index (χ2n) is 4.47. The van der Waals surface area contributed by atoms with Gasteiger partial charge in [-0.1, -0.05) is 30.3 Å². The summed E-state index contributed by atoms with van der Waals surface area (Å²) in [5.74, 6) is 2.48. The van der Waals surface area contributed by atoms with E-state index in [4.69, 9.17) is 4.74 Å². The van der Waals surface area contributed by atoms with Gasteiger partial charge in [-0.25, -0.2) is 0 Å². The highest BCUT2D eigenvalue weighted by Crippen LogP contribution is 2.25. The molecule has 20 heavy (non-hydrogen) atoms. The number of aromatic nitrogens is 3. The minimum atomic E-state index is 0.808.